The quantitative estimate of drug-likeness (QED) is 0.115. The molecule has 11 nitrogen and oxygen atoms in total. The van der Waals surface area contributed by atoms with E-state index in [9.17, 15) is 24.0 Å². The van der Waals surface area contributed by atoms with Crippen LogP contribution >= 0.6 is 11.6 Å². The summed E-state index contributed by atoms with van der Waals surface area (Å²) in [5.41, 5.74) is 5.85. The molecule has 7 N–H and O–H groups in total. The van der Waals surface area contributed by atoms with Crippen LogP contribution in [0.15, 0.2) is 24.3 Å². The Kier molecular flexibility index (Phi) is 13.4. The summed E-state index contributed by atoms with van der Waals surface area (Å²) >= 11 is 5.47. The fourth-order valence-electron chi connectivity index (χ4n) is 3.15. The molecule has 36 heavy (non-hydrogen) atoms. The highest BCUT2D eigenvalue weighted by Gasteiger charge is 2.29. The van der Waals surface area contributed by atoms with Crippen LogP contribution < -0.4 is 32.3 Å². The molecule has 0 radical (unpaired) electrons. The molecule has 1 rings (SSSR count). The zero-order chi connectivity index (χ0) is 27.3. The van der Waals surface area contributed by atoms with Crippen molar-refractivity contribution >= 4 is 54.8 Å². The Bertz CT molecular complexity index is 915. The molecule has 0 heterocycles. The van der Waals surface area contributed by atoms with Gasteiger partial charge in [-0.2, -0.15) is 0 Å². The molecule has 13 heteroatoms. The Morgan fingerprint density at radius 3 is 2.14 bits per heavy atom. The highest BCUT2D eigenvalue weighted by Crippen LogP contribution is 2.12. The lowest BCUT2D eigenvalue weighted by Crippen LogP contribution is -2.56. The van der Waals surface area contributed by atoms with E-state index in [-0.39, 0.29) is 42.6 Å². The third-order valence-electron chi connectivity index (χ3n) is 5.39. The number of urea groups is 1. The maximum absolute atomic E-state index is 13.1. The van der Waals surface area contributed by atoms with Gasteiger partial charge in [-0.15, -0.1) is 11.6 Å². The van der Waals surface area contributed by atoms with Crippen molar-refractivity contribution in [1.29, 1.82) is 0 Å². The summed E-state index contributed by atoms with van der Waals surface area (Å²) in [5.74, 6) is -2.17. The molecule has 1 unspecified atom stereocenters. The number of rotatable bonds is 14. The number of hydrogen-bond acceptors (Lipinski definition) is 5. The van der Waals surface area contributed by atoms with Crippen molar-refractivity contribution in [2.45, 2.75) is 58.1 Å². The van der Waals surface area contributed by atoms with Crippen molar-refractivity contribution in [3.05, 3.63) is 29.8 Å². The van der Waals surface area contributed by atoms with Gasteiger partial charge in [-0.05, 0) is 49.9 Å². The molecule has 3 atom stereocenters. The molecule has 0 saturated carbocycles. The molecule has 1 aromatic rings. The highest BCUT2D eigenvalue weighted by molar-refractivity contribution is 6.29. The molecule has 1 aromatic carbocycles. The van der Waals surface area contributed by atoms with Crippen LogP contribution in [0.5, 0.6) is 0 Å². The summed E-state index contributed by atoms with van der Waals surface area (Å²) in [6.45, 7) is 5.67. The molecular weight excluding hydrogens is 487 g/mol. The molecule has 6 amide bonds. The average molecular weight is 523 g/mol. The third kappa shape index (κ3) is 11.0. The molecule has 0 aromatic heterocycles. The van der Waals surface area contributed by atoms with Gasteiger partial charge in [0.05, 0.1) is 0 Å². The maximum atomic E-state index is 13.1. The summed E-state index contributed by atoms with van der Waals surface area (Å²) in [6.07, 6.45) is 1.39. The van der Waals surface area contributed by atoms with Crippen molar-refractivity contribution in [2.75, 3.05) is 17.7 Å². The lowest BCUT2D eigenvalue weighted by Gasteiger charge is -2.26. The fourth-order valence-corrected chi connectivity index (χ4v) is 3.22. The van der Waals surface area contributed by atoms with Gasteiger partial charge in [0.15, 0.2) is 0 Å². The lowest BCUT2D eigenvalue weighted by atomic mass is 9.98. The van der Waals surface area contributed by atoms with E-state index in [4.69, 9.17) is 17.3 Å². The van der Waals surface area contributed by atoms with Crippen LogP contribution in [-0.2, 0) is 14.4 Å². The standard InChI is InChI=1S/C23H36BClN6O5/c1-13(2)19(31-20(33)15-6-8-16(9-7-15)29-18(32)12-25)22(35)30-17(5-4-10-27-23(26)36)21(34)28-14(3)11-24/h6-9,13-14,17,19H,4-5,10-12,24H2,1-3H3,(H,28,34)(H,29,32)(H,30,35)(H,31,33)(H3,26,27,36)/t14-,17+,19?/m1/s1. The normalized spacial score (nSPS) is 13.1. The number of alkyl halides is 1. The number of nitrogens with two attached hydrogens (primary N) is 1. The van der Waals surface area contributed by atoms with E-state index in [0.717, 1.165) is 0 Å². The molecule has 0 spiro atoms. The van der Waals surface area contributed by atoms with Crippen molar-refractivity contribution in [3.63, 3.8) is 0 Å². The predicted molar refractivity (Wildman–Crippen MR) is 142 cm³/mol. The highest BCUT2D eigenvalue weighted by atomic mass is 35.5. The first-order valence-corrected chi connectivity index (χ1v) is 12.4. The Balaban J connectivity index is 2.90. The first kappa shape index (κ1) is 30.8. The van der Waals surface area contributed by atoms with Crippen LogP contribution in [-0.4, -0.2) is 68.1 Å². The molecule has 0 aliphatic rings. The Labute approximate surface area is 217 Å². The van der Waals surface area contributed by atoms with Crippen molar-refractivity contribution in [1.82, 2.24) is 21.3 Å². The summed E-state index contributed by atoms with van der Waals surface area (Å²) in [4.78, 5) is 61.0. The van der Waals surface area contributed by atoms with Gasteiger partial charge in [0.1, 0.15) is 25.8 Å². The van der Waals surface area contributed by atoms with Gasteiger partial charge in [0.2, 0.25) is 17.7 Å². The van der Waals surface area contributed by atoms with Gasteiger partial charge in [0, 0.05) is 23.8 Å². The zero-order valence-electron chi connectivity index (χ0n) is 21.2. The van der Waals surface area contributed by atoms with Gasteiger partial charge in [-0.25, -0.2) is 4.79 Å². The van der Waals surface area contributed by atoms with E-state index in [0.29, 0.717) is 24.0 Å². The molecular formula is C23H36BClN6O5. The second-order valence-electron chi connectivity index (χ2n) is 8.77. The Hall–Kier alpha value is -3.28. The van der Waals surface area contributed by atoms with Crippen molar-refractivity contribution < 1.29 is 24.0 Å². The summed E-state index contributed by atoms with van der Waals surface area (Å²) in [5, 5.41) is 13.3. The molecule has 0 aliphatic heterocycles. The van der Waals surface area contributed by atoms with Gasteiger partial charge >= 0.3 is 6.03 Å². The van der Waals surface area contributed by atoms with Crippen LogP contribution in [0.3, 0.4) is 0 Å². The smallest absolute Gasteiger partial charge is 0.312 e. The van der Waals surface area contributed by atoms with Crippen LogP contribution in [0.25, 0.3) is 0 Å². The number of benzene rings is 1. The SMILES string of the molecule is BC[C@@H](C)NC(=O)[C@H](CCCNC(N)=O)NC(=O)C(NC(=O)c1ccc(NC(=O)CCl)cc1)C(C)C. The van der Waals surface area contributed by atoms with E-state index in [1.54, 1.807) is 26.0 Å². The van der Waals surface area contributed by atoms with Crippen molar-refractivity contribution in [3.8, 4) is 0 Å². The molecule has 0 bridgehead atoms. The van der Waals surface area contributed by atoms with Gasteiger partial charge < -0.3 is 32.3 Å². The summed E-state index contributed by atoms with van der Waals surface area (Å²) < 4.78 is 0. The zero-order valence-corrected chi connectivity index (χ0v) is 21.9. The molecule has 198 valence electrons. The van der Waals surface area contributed by atoms with E-state index in [2.05, 4.69) is 26.6 Å². The number of primary amides is 1. The third-order valence-corrected chi connectivity index (χ3v) is 5.63. The Morgan fingerprint density at radius 1 is 0.972 bits per heavy atom. The Morgan fingerprint density at radius 2 is 1.61 bits per heavy atom. The predicted octanol–water partition coefficient (Wildman–Crippen LogP) is 0.108. The summed E-state index contributed by atoms with van der Waals surface area (Å²) in [6, 6.07) is 3.62. The number of hydrogen-bond donors (Lipinski definition) is 6. The molecule has 0 fully saturated rings. The van der Waals surface area contributed by atoms with E-state index in [1.807, 2.05) is 14.8 Å². The number of halogens is 1. The van der Waals surface area contributed by atoms with Crippen LogP contribution in [0.1, 0.15) is 44.0 Å². The van der Waals surface area contributed by atoms with Gasteiger partial charge in [0.25, 0.3) is 5.91 Å². The minimum absolute atomic E-state index is 0.0848. The molecule has 0 aliphatic carbocycles. The molecule has 0 saturated heterocycles. The van der Waals surface area contributed by atoms with Gasteiger partial charge in [-0.3, -0.25) is 19.2 Å². The van der Waals surface area contributed by atoms with Crippen molar-refractivity contribution in [2.24, 2.45) is 11.7 Å². The van der Waals surface area contributed by atoms with Crippen LogP contribution in [0, 0.1) is 5.92 Å². The maximum Gasteiger partial charge on any atom is 0.312 e. The number of nitrogens with one attached hydrogen (secondary N) is 5. The summed E-state index contributed by atoms with van der Waals surface area (Å²) in [7, 11) is 1.93. The number of amides is 6. The lowest BCUT2D eigenvalue weighted by molar-refractivity contribution is -0.131. The second-order valence-corrected chi connectivity index (χ2v) is 9.03. The number of carbonyl (C=O) groups excluding carboxylic acids is 5. The van der Waals surface area contributed by atoms with Gasteiger partial charge in [-0.1, -0.05) is 20.2 Å². The topological polar surface area (TPSA) is 172 Å². The largest absolute Gasteiger partial charge is 0.353 e. The van der Waals surface area contributed by atoms with Crippen LogP contribution in [0.4, 0.5) is 10.5 Å². The first-order chi connectivity index (χ1) is 17.0. The minimum atomic E-state index is -0.907. The van der Waals surface area contributed by atoms with E-state index in [1.165, 1.54) is 12.1 Å². The fraction of sp³-hybridized carbons (Fsp3) is 0.522. The first-order valence-electron chi connectivity index (χ1n) is 11.9. The average Bonchev–Trinajstić information content (AvgIpc) is 2.83. The number of carbonyl (C=O) groups is 5. The minimum Gasteiger partial charge on any atom is -0.353 e. The monoisotopic (exact) mass is 522 g/mol. The number of anilines is 1. The van der Waals surface area contributed by atoms with E-state index < -0.39 is 29.9 Å². The van der Waals surface area contributed by atoms with Crippen LogP contribution in [0.2, 0.25) is 6.32 Å². The van der Waals surface area contributed by atoms with E-state index >= 15 is 0 Å². The second kappa shape index (κ2) is 15.7.